The van der Waals surface area contributed by atoms with Crippen molar-refractivity contribution in [3.63, 3.8) is 0 Å². The number of methoxy groups -OCH3 is 1. The third-order valence-corrected chi connectivity index (χ3v) is 6.94. The van der Waals surface area contributed by atoms with Crippen LogP contribution >= 0.6 is 0 Å². The fourth-order valence-electron chi connectivity index (χ4n) is 3.08. The number of piperazine rings is 1. The average Bonchev–Trinajstić information content (AvgIpc) is 2.69. The van der Waals surface area contributed by atoms with Crippen LogP contribution in [0.2, 0.25) is 0 Å². The van der Waals surface area contributed by atoms with E-state index in [1.807, 2.05) is 25.7 Å². The highest BCUT2D eigenvalue weighted by atomic mass is 32.2. The summed E-state index contributed by atoms with van der Waals surface area (Å²) >= 11 is 0. The quantitative estimate of drug-likeness (QED) is 0.566. The predicted molar refractivity (Wildman–Crippen MR) is 112 cm³/mol. The van der Waals surface area contributed by atoms with E-state index in [1.54, 1.807) is 25.3 Å². The number of nitrogens with one attached hydrogen (secondary N) is 1. The second kappa shape index (κ2) is 10.9. The lowest BCUT2D eigenvalue weighted by atomic mass is 10.2. The summed E-state index contributed by atoms with van der Waals surface area (Å²) in [5, 5.41) is 2.94. The van der Waals surface area contributed by atoms with Crippen molar-refractivity contribution in [3.05, 3.63) is 23.8 Å². The molecule has 0 spiro atoms. The Morgan fingerprint density at radius 3 is 2.48 bits per heavy atom. The van der Waals surface area contributed by atoms with Crippen LogP contribution in [-0.2, 0) is 19.6 Å². The number of amides is 1. The first-order valence-corrected chi connectivity index (χ1v) is 11.5. The van der Waals surface area contributed by atoms with E-state index in [1.165, 1.54) is 4.31 Å². The van der Waals surface area contributed by atoms with Crippen molar-refractivity contribution in [2.75, 3.05) is 53.0 Å². The van der Waals surface area contributed by atoms with E-state index in [9.17, 15) is 13.2 Å². The SMILES string of the molecule is CCC(C)NC(=O)CN1CCN(S(=O)(=O)c2ccc(OCCOC)c(C)c2)CC1. The van der Waals surface area contributed by atoms with Gasteiger partial charge in [0, 0.05) is 39.3 Å². The molecule has 29 heavy (non-hydrogen) atoms. The Kier molecular flexibility index (Phi) is 8.88. The molecule has 1 saturated heterocycles. The highest BCUT2D eigenvalue weighted by Crippen LogP contribution is 2.24. The van der Waals surface area contributed by atoms with Gasteiger partial charge in [0.05, 0.1) is 18.0 Å². The summed E-state index contributed by atoms with van der Waals surface area (Å²) in [6.07, 6.45) is 0.882. The van der Waals surface area contributed by atoms with Crippen LogP contribution in [0, 0.1) is 6.92 Å². The molecular formula is C20H33N3O5S. The summed E-state index contributed by atoms with van der Waals surface area (Å²) in [5.41, 5.74) is 0.766. The van der Waals surface area contributed by atoms with Crippen molar-refractivity contribution in [1.29, 1.82) is 0 Å². The van der Waals surface area contributed by atoms with Crippen LogP contribution in [-0.4, -0.2) is 82.6 Å². The molecule has 0 radical (unpaired) electrons. The zero-order chi connectivity index (χ0) is 21.4. The minimum Gasteiger partial charge on any atom is -0.491 e. The lowest BCUT2D eigenvalue weighted by molar-refractivity contribution is -0.123. The van der Waals surface area contributed by atoms with E-state index < -0.39 is 10.0 Å². The standard InChI is InChI=1S/C20H33N3O5S/c1-5-17(3)21-20(24)15-22-8-10-23(11-9-22)29(25,26)18-6-7-19(16(2)14-18)28-13-12-27-4/h6-7,14,17H,5,8-13,15H2,1-4H3,(H,21,24). The predicted octanol–water partition coefficient (Wildman–Crippen LogP) is 1.24. The second-order valence-corrected chi connectivity index (χ2v) is 9.26. The van der Waals surface area contributed by atoms with E-state index in [2.05, 4.69) is 5.32 Å². The number of carbonyl (C=O) groups is 1. The third-order valence-electron chi connectivity index (χ3n) is 5.05. The number of benzene rings is 1. The van der Waals surface area contributed by atoms with Gasteiger partial charge in [-0.25, -0.2) is 8.42 Å². The van der Waals surface area contributed by atoms with Crippen molar-refractivity contribution in [2.24, 2.45) is 0 Å². The molecule has 9 heteroatoms. The van der Waals surface area contributed by atoms with Crippen LogP contribution in [0.25, 0.3) is 0 Å². The molecule has 0 bridgehead atoms. The first-order valence-electron chi connectivity index (χ1n) is 10.0. The Hall–Kier alpha value is -1.68. The first-order chi connectivity index (χ1) is 13.8. The number of carbonyl (C=O) groups excluding carboxylic acids is 1. The number of ether oxygens (including phenoxy) is 2. The molecule has 0 aromatic heterocycles. The van der Waals surface area contributed by atoms with Crippen molar-refractivity contribution >= 4 is 15.9 Å². The van der Waals surface area contributed by atoms with Crippen LogP contribution in [0.4, 0.5) is 0 Å². The minimum atomic E-state index is -3.58. The molecule has 1 unspecified atom stereocenters. The highest BCUT2D eigenvalue weighted by Gasteiger charge is 2.29. The summed E-state index contributed by atoms with van der Waals surface area (Å²) in [4.78, 5) is 14.3. The smallest absolute Gasteiger partial charge is 0.243 e. The molecule has 1 fully saturated rings. The maximum Gasteiger partial charge on any atom is 0.243 e. The number of hydrogen-bond acceptors (Lipinski definition) is 6. The fraction of sp³-hybridized carbons (Fsp3) is 0.650. The molecule has 0 aliphatic carbocycles. The summed E-state index contributed by atoms with van der Waals surface area (Å²) in [6.45, 7) is 8.80. The zero-order valence-electron chi connectivity index (χ0n) is 17.8. The van der Waals surface area contributed by atoms with Gasteiger partial charge in [0.2, 0.25) is 15.9 Å². The molecule has 0 saturated carbocycles. The Balaban J connectivity index is 1.94. The van der Waals surface area contributed by atoms with Crippen molar-refractivity contribution in [1.82, 2.24) is 14.5 Å². The van der Waals surface area contributed by atoms with Gasteiger partial charge in [-0.1, -0.05) is 6.92 Å². The third kappa shape index (κ3) is 6.67. The van der Waals surface area contributed by atoms with Crippen molar-refractivity contribution in [3.8, 4) is 5.75 Å². The summed E-state index contributed by atoms with van der Waals surface area (Å²) in [5.74, 6) is 0.633. The molecule has 1 aromatic carbocycles. The number of hydrogen-bond donors (Lipinski definition) is 1. The Morgan fingerprint density at radius 2 is 1.90 bits per heavy atom. The van der Waals surface area contributed by atoms with E-state index in [-0.39, 0.29) is 16.8 Å². The van der Waals surface area contributed by atoms with Gasteiger partial charge in [-0.15, -0.1) is 0 Å². The molecule has 2 rings (SSSR count). The molecule has 1 amide bonds. The van der Waals surface area contributed by atoms with Gasteiger partial charge in [-0.3, -0.25) is 9.69 Å². The highest BCUT2D eigenvalue weighted by molar-refractivity contribution is 7.89. The van der Waals surface area contributed by atoms with E-state index >= 15 is 0 Å². The number of aryl methyl sites for hydroxylation is 1. The van der Waals surface area contributed by atoms with Gasteiger partial charge in [0.25, 0.3) is 0 Å². The maximum atomic E-state index is 13.0. The summed E-state index contributed by atoms with van der Waals surface area (Å²) in [7, 11) is -1.97. The molecule has 1 aliphatic rings. The molecule has 1 heterocycles. The van der Waals surface area contributed by atoms with Gasteiger partial charge >= 0.3 is 0 Å². The number of rotatable bonds is 10. The lowest BCUT2D eigenvalue weighted by Gasteiger charge is -2.33. The van der Waals surface area contributed by atoms with Crippen LogP contribution in [0.3, 0.4) is 0 Å². The van der Waals surface area contributed by atoms with Crippen molar-refractivity contribution < 1.29 is 22.7 Å². The minimum absolute atomic E-state index is 0.0182. The maximum absolute atomic E-state index is 13.0. The van der Waals surface area contributed by atoms with Crippen LogP contribution < -0.4 is 10.1 Å². The fourth-order valence-corrected chi connectivity index (χ4v) is 4.59. The Labute approximate surface area is 174 Å². The first kappa shape index (κ1) is 23.6. The molecule has 8 nitrogen and oxygen atoms in total. The summed E-state index contributed by atoms with van der Waals surface area (Å²) in [6, 6.07) is 5.06. The molecule has 1 aromatic rings. The topological polar surface area (TPSA) is 88.2 Å². The molecular weight excluding hydrogens is 394 g/mol. The largest absolute Gasteiger partial charge is 0.491 e. The lowest BCUT2D eigenvalue weighted by Crippen LogP contribution is -2.51. The van der Waals surface area contributed by atoms with Gasteiger partial charge in [-0.05, 0) is 44.0 Å². The Morgan fingerprint density at radius 1 is 1.21 bits per heavy atom. The van der Waals surface area contributed by atoms with E-state index in [0.29, 0.717) is 51.7 Å². The van der Waals surface area contributed by atoms with E-state index in [0.717, 1.165) is 12.0 Å². The molecule has 1 atom stereocenters. The van der Waals surface area contributed by atoms with Gasteiger partial charge in [-0.2, -0.15) is 4.31 Å². The summed E-state index contributed by atoms with van der Waals surface area (Å²) < 4.78 is 38.0. The number of sulfonamides is 1. The van der Waals surface area contributed by atoms with Gasteiger partial charge in [0.15, 0.2) is 0 Å². The molecule has 1 aliphatic heterocycles. The second-order valence-electron chi connectivity index (χ2n) is 7.33. The van der Waals surface area contributed by atoms with Crippen LogP contribution in [0.1, 0.15) is 25.8 Å². The van der Waals surface area contributed by atoms with Gasteiger partial charge < -0.3 is 14.8 Å². The molecule has 164 valence electrons. The van der Waals surface area contributed by atoms with E-state index in [4.69, 9.17) is 9.47 Å². The number of nitrogens with zero attached hydrogens (tertiary/aromatic N) is 2. The average molecular weight is 428 g/mol. The molecule has 1 N–H and O–H groups in total. The van der Waals surface area contributed by atoms with Crippen LogP contribution in [0.5, 0.6) is 5.75 Å². The monoisotopic (exact) mass is 427 g/mol. The van der Waals surface area contributed by atoms with Gasteiger partial charge in [0.1, 0.15) is 12.4 Å². The Bertz CT molecular complexity index is 776. The zero-order valence-corrected chi connectivity index (χ0v) is 18.6. The normalized spacial score (nSPS) is 17.1. The van der Waals surface area contributed by atoms with Crippen molar-refractivity contribution in [2.45, 2.75) is 38.1 Å². The van der Waals surface area contributed by atoms with Crippen LogP contribution in [0.15, 0.2) is 23.1 Å².